The van der Waals surface area contributed by atoms with E-state index in [1.807, 2.05) is 18.3 Å². The van der Waals surface area contributed by atoms with Gasteiger partial charge in [0, 0.05) is 38.1 Å². The first-order valence-electron chi connectivity index (χ1n) is 6.46. The van der Waals surface area contributed by atoms with E-state index in [2.05, 4.69) is 69.8 Å². The molecule has 0 bridgehead atoms. The SMILES string of the molecule is Brc1cc(N2CCN(c3cccc(Br)n3)CC2)ccn1. The van der Waals surface area contributed by atoms with Crippen LogP contribution in [0.3, 0.4) is 0 Å². The molecule has 0 aromatic carbocycles. The van der Waals surface area contributed by atoms with Gasteiger partial charge in [0.15, 0.2) is 0 Å². The predicted molar refractivity (Wildman–Crippen MR) is 88.3 cm³/mol. The van der Waals surface area contributed by atoms with E-state index >= 15 is 0 Å². The Hall–Kier alpha value is -1.14. The molecule has 20 heavy (non-hydrogen) atoms. The fraction of sp³-hybridized carbons (Fsp3) is 0.286. The lowest BCUT2D eigenvalue weighted by Crippen LogP contribution is -2.46. The second-order valence-electron chi connectivity index (χ2n) is 4.63. The van der Waals surface area contributed by atoms with Gasteiger partial charge in [-0.3, -0.25) is 0 Å². The van der Waals surface area contributed by atoms with E-state index in [1.54, 1.807) is 0 Å². The molecule has 2 aromatic heterocycles. The zero-order valence-electron chi connectivity index (χ0n) is 10.8. The summed E-state index contributed by atoms with van der Waals surface area (Å²) in [5.74, 6) is 1.04. The zero-order valence-corrected chi connectivity index (χ0v) is 14.0. The van der Waals surface area contributed by atoms with Gasteiger partial charge >= 0.3 is 0 Å². The zero-order chi connectivity index (χ0) is 13.9. The lowest BCUT2D eigenvalue weighted by atomic mass is 10.2. The first-order valence-corrected chi connectivity index (χ1v) is 8.05. The Morgan fingerprint density at radius 3 is 2.35 bits per heavy atom. The summed E-state index contributed by atoms with van der Waals surface area (Å²) in [6.45, 7) is 3.93. The summed E-state index contributed by atoms with van der Waals surface area (Å²) < 4.78 is 1.77. The van der Waals surface area contributed by atoms with Crippen molar-refractivity contribution in [2.75, 3.05) is 36.0 Å². The van der Waals surface area contributed by atoms with Crippen LogP contribution in [0.2, 0.25) is 0 Å². The highest BCUT2D eigenvalue weighted by Crippen LogP contribution is 2.22. The third-order valence-corrected chi connectivity index (χ3v) is 4.25. The molecule has 0 unspecified atom stereocenters. The van der Waals surface area contributed by atoms with Crippen LogP contribution < -0.4 is 9.80 Å². The molecular formula is C14H14Br2N4. The molecule has 0 N–H and O–H groups in total. The number of pyridine rings is 2. The molecule has 0 spiro atoms. The van der Waals surface area contributed by atoms with Crippen molar-refractivity contribution in [3.63, 3.8) is 0 Å². The summed E-state index contributed by atoms with van der Waals surface area (Å²) in [7, 11) is 0. The van der Waals surface area contributed by atoms with Crippen molar-refractivity contribution in [1.82, 2.24) is 9.97 Å². The topological polar surface area (TPSA) is 32.3 Å². The Labute approximate surface area is 135 Å². The fourth-order valence-electron chi connectivity index (χ4n) is 2.36. The maximum Gasteiger partial charge on any atom is 0.129 e. The van der Waals surface area contributed by atoms with E-state index in [4.69, 9.17) is 0 Å². The van der Waals surface area contributed by atoms with Crippen LogP contribution >= 0.6 is 31.9 Å². The molecule has 0 aliphatic carbocycles. The van der Waals surface area contributed by atoms with Gasteiger partial charge in [-0.1, -0.05) is 6.07 Å². The lowest BCUT2D eigenvalue weighted by Gasteiger charge is -2.36. The normalized spacial score (nSPS) is 15.5. The molecule has 0 atom stereocenters. The van der Waals surface area contributed by atoms with Crippen molar-refractivity contribution >= 4 is 43.4 Å². The van der Waals surface area contributed by atoms with Gasteiger partial charge in [-0.2, -0.15) is 0 Å². The Morgan fingerprint density at radius 2 is 1.65 bits per heavy atom. The molecule has 1 aliphatic rings. The fourth-order valence-corrected chi connectivity index (χ4v) is 3.04. The smallest absolute Gasteiger partial charge is 0.129 e. The third-order valence-electron chi connectivity index (χ3n) is 3.38. The lowest BCUT2D eigenvalue weighted by molar-refractivity contribution is 0.646. The minimum Gasteiger partial charge on any atom is -0.368 e. The van der Waals surface area contributed by atoms with Crippen LogP contribution in [0.5, 0.6) is 0 Å². The van der Waals surface area contributed by atoms with E-state index in [9.17, 15) is 0 Å². The molecule has 104 valence electrons. The molecule has 2 aromatic rings. The van der Waals surface area contributed by atoms with Gasteiger partial charge in [-0.25, -0.2) is 9.97 Å². The Morgan fingerprint density at radius 1 is 0.900 bits per heavy atom. The summed E-state index contributed by atoms with van der Waals surface area (Å²) in [6.07, 6.45) is 1.83. The van der Waals surface area contributed by atoms with Crippen LogP contribution in [0.4, 0.5) is 11.5 Å². The molecule has 3 heterocycles. The first-order chi connectivity index (χ1) is 9.72. The summed E-state index contributed by atoms with van der Waals surface area (Å²) in [5, 5.41) is 0. The summed E-state index contributed by atoms with van der Waals surface area (Å²) >= 11 is 6.85. The van der Waals surface area contributed by atoms with E-state index in [1.165, 1.54) is 5.69 Å². The number of rotatable bonds is 2. The molecule has 0 amide bonds. The van der Waals surface area contributed by atoms with Crippen LogP contribution in [0.1, 0.15) is 0 Å². The van der Waals surface area contributed by atoms with Crippen molar-refractivity contribution in [3.8, 4) is 0 Å². The van der Waals surface area contributed by atoms with Crippen LogP contribution in [0, 0.1) is 0 Å². The van der Waals surface area contributed by atoms with Gasteiger partial charge in [-0.05, 0) is 56.1 Å². The molecule has 3 rings (SSSR count). The van der Waals surface area contributed by atoms with E-state index in [0.29, 0.717) is 0 Å². The largest absolute Gasteiger partial charge is 0.368 e. The number of anilines is 2. The Balaban J connectivity index is 1.68. The minimum atomic E-state index is 0.881. The highest BCUT2D eigenvalue weighted by Gasteiger charge is 2.18. The van der Waals surface area contributed by atoms with Gasteiger partial charge in [0.1, 0.15) is 15.0 Å². The number of nitrogens with zero attached hydrogens (tertiary/aromatic N) is 4. The molecule has 0 saturated carbocycles. The monoisotopic (exact) mass is 396 g/mol. The van der Waals surface area contributed by atoms with Crippen LogP contribution in [0.15, 0.2) is 45.7 Å². The third kappa shape index (κ3) is 3.12. The van der Waals surface area contributed by atoms with E-state index < -0.39 is 0 Å². The quantitative estimate of drug-likeness (QED) is 0.727. The van der Waals surface area contributed by atoms with E-state index in [-0.39, 0.29) is 0 Å². The number of hydrogen-bond donors (Lipinski definition) is 0. The molecule has 1 saturated heterocycles. The van der Waals surface area contributed by atoms with Gasteiger partial charge in [0.05, 0.1) is 0 Å². The van der Waals surface area contributed by atoms with Crippen molar-refractivity contribution in [2.24, 2.45) is 0 Å². The van der Waals surface area contributed by atoms with Gasteiger partial charge in [-0.15, -0.1) is 0 Å². The number of hydrogen-bond acceptors (Lipinski definition) is 4. The van der Waals surface area contributed by atoms with Gasteiger partial charge < -0.3 is 9.80 Å². The van der Waals surface area contributed by atoms with Gasteiger partial charge in [0.25, 0.3) is 0 Å². The summed E-state index contributed by atoms with van der Waals surface area (Å²) in [5.41, 5.74) is 1.22. The maximum atomic E-state index is 4.52. The molecular weight excluding hydrogens is 384 g/mol. The second kappa shape index (κ2) is 6.10. The number of halogens is 2. The van der Waals surface area contributed by atoms with Crippen LogP contribution in [-0.4, -0.2) is 36.1 Å². The molecule has 6 heteroatoms. The van der Waals surface area contributed by atoms with Crippen molar-refractivity contribution in [2.45, 2.75) is 0 Å². The van der Waals surface area contributed by atoms with Crippen LogP contribution in [-0.2, 0) is 0 Å². The van der Waals surface area contributed by atoms with Crippen molar-refractivity contribution < 1.29 is 0 Å². The first kappa shape index (κ1) is 13.8. The average Bonchev–Trinajstić information content (AvgIpc) is 2.47. The molecule has 1 aliphatic heterocycles. The van der Waals surface area contributed by atoms with Crippen molar-refractivity contribution in [3.05, 3.63) is 45.7 Å². The van der Waals surface area contributed by atoms with E-state index in [0.717, 1.165) is 41.2 Å². The highest BCUT2D eigenvalue weighted by atomic mass is 79.9. The number of piperazine rings is 1. The highest BCUT2D eigenvalue weighted by molar-refractivity contribution is 9.10. The molecule has 0 radical (unpaired) electrons. The maximum absolute atomic E-state index is 4.52. The van der Waals surface area contributed by atoms with Gasteiger partial charge in [0.2, 0.25) is 0 Å². The summed E-state index contributed by atoms with van der Waals surface area (Å²) in [4.78, 5) is 13.4. The van der Waals surface area contributed by atoms with Crippen LogP contribution in [0.25, 0.3) is 0 Å². The Bertz CT molecular complexity index is 544. The summed E-state index contributed by atoms with van der Waals surface area (Å²) in [6, 6.07) is 10.2. The van der Waals surface area contributed by atoms with Crippen molar-refractivity contribution in [1.29, 1.82) is 0 Å². The standard InChI is InChI=1S/C14H14Br2N4/c15-12-2-1-3-14(18-12)20-8-6-19(7-9-20)11-4-5-17-13(16)10-11/h1-5,10H,6-9H2. The average molecular weight is 398 g/mol. The Kier molecular flexibility index (Phi) is 4.21. The molecule has 1 fully saturated rings. The second-order valence-corrected chi connectivity index (χ2v) is 6.25. The molecule has 4 nitrogen and oxygen atoms in total. The predicted octanol–water partition coefficient (Wildman–Crippen LogP) is 3.33. The minimum absolute atomic E-state index is 0.881. The number of aromatic nitrogens is 2.